The zero-order valence-corrected chi connectivity index (χ0v) is 15.8. The number of thioether (sulfide) groups is 2. The Hall–Kier alpha value is -0.920. The molecule has 0 N–H and O–H groups in total. The zero-order valence-electron chi connectivity index (χ0n) is 12.6. The maximum absolute atomic E-state index is 13.7. The number of halogens is 2. The highest BCUT2D eigenvalue weighted by Gasteiger charge is 2.44. The molecule has 0 saturated carbocycles. The van der Waals surface area contributed by atoms with Crippen molar-refractivity contribution in [3.63, 3.8) is 0 Å². The van der Waals surface area contributed by atoms with Crippen molar-refractivity contribution in [3.8, 4) is 0 Å². The Labute approximate surface area is 155 Å². The molecule has 4 rings (SSSR count). The number of hydrogen-bond acceptors (Lipinski definition) is 5. The van der Waals surface area contributed by atoms with Gasteiger partial charge in [0.05, 0.1) is 27.6 Å². The van der Waals surface area contributed by atoms with Gasteiger partial charge in [-0.2, -0.15) is 0 Å². The first-order chi connectivity index (χ1) is 11.6. The van der Waals surface area contributed by atoms with Gasteiger partial charge in [-0.3, -0.25) is 14.6 Å². The van der Waals surface area contributed by atoms with Crippen LogP contribution in [0.2, 0.25) is 0 Å². The summed E-state index contributed by atoms with van der Waals surface area (Å²) in [5.41, 5.74) is 3.11. The summed E-state index contributed by atoms with van der Waals surface area (Å²) in [6, 6.07) is 4.76. The molecule has 0 aromatic heterocycles. The van der Waals surface area contributed by atoms with Gasteiger partial charge in [-0.05, 0) is 33.6 Å². The normalized spacial score (nSPS) is 26.8. The predicted molar refractivity (Wildman–Crippen MR) is 99.5 cm³/mol. The van der Waals surface area contributed by atoms with Crippen molar-refractivity contribution in [2.24, 2.45) is 10.9 Å². The number of aliphatic imine (C=N–C) groups is 1. The summed E-state index contributed by atoms with van der Waals surface area (Å²) in [4.78, 5) is 29.9. The molecule has 1 aromatic carbocycles. The van der Waals surface area contributed by atoms with Crippen molar-refractivity contribution in [1.29, 1.82) is 0 Å². The molecule has 3 aliphatic rings. The van der Waals surface area contributed by atoms with Crippen molar-refractivity contribution in [2.75, 3.05) is 23.0 Å². The van der Waals surface area contributed by atoms with Gasteiger partial charge in [0.1, 0.15) is 5.82 Å². The summed E-state index contributed by atoms with van der Waals surface area (Å²) in [6.07, 6.45) is 0. The van der Waals surface area contributed by atoms with Gasteiger partial charge >= 0.3 is 0 Å². The molecule has 124 valence electrons. The summed E-state index contributed by atoms with van der Waals surface area (Å²) in [5, 5.41) is 0. The molecule has 24 heavy (non-hydrogen) atoms. The third-order valence-electron chi connectivity index (χ3n) is 4.51. The Morgan fingerprint density at radius 1 is 1.08 bits per heavy atom. The van der Waals surface area contributed by atoms with Crippen LogP contribution >= 0.6 is 39.5 Å². The van der Waals surface area contributed by atoms with Gasteiger partial charge in [0.15, 0.2) is 11.6 Å². The van der Waals surface area contributed by atoms with Crippen LogP contribution in [-0.2, 0) is 9.59 Å². The van der Waals surface area contributed by atoms with E-state index in [4.69, 9.17) is 0 Å². The van der Waals surface area contributed by atoms with Crippen LogP contribution in [0.25, 0.3) is 0 Å². The number of hydrogen-bond donors (Lipinski definition) is 0. The molecule has 3 aliphatic heterocycles. The van der Waals surface area contributed by atoms with E-state index in [9.17, 15) is 14.0 Å². The fourth-order valence-corrected chi connectivity index (χ4v) is 5.70. The zero-order chi connectivity index (χ0) is 16.8. The first-order valence-electron chi connectivity index (χ1n) is 7.53. The summed E-state index contributed by atoms with van der Waals surface area (Å²) >= 11 is 6.34. The van der Waals surface area contributed by atoms with Crippen LogP contribution in [0.15, 0.2) is 38.9 Å². The molecule has 0 bridgehead atoms. The van der Waals surface area contributed by atoms with Crippen LogP contribution in [0.3, 0.4) is 0 Å². The Morgan fingerprint density at radius 3 is 2.67 bits per heavy atom. The van der Waals surface area contributed by atoms with E-state index in [1.165, 1.54) is 6.07 Å². The summed E-state index contributed by atoms with van der Waals surface area (Å²) < 4.78 is 14.0. The first kappa shape index (κ1) is 16.5. The first-order valence-corrected chi connectivity index (χ1v) is 10.6. The Kier molecular flexibility index (Phi) is 4.43. The highest BCUT2D eigenvalue weighted by molar-refractivity contribution is 9.10. The maximum atomic E-state index is 13.7. The molecule has 2 atom stereocenters. The van der Waals surface area contributed by atoms with Crippen molar-refractivity contribution < 1.29 is 14.0 Å². The quantitative estimate of drug-likeness (QED) is 0.688. The van der Waals surface area contributed by atoms with Gasteiger partial charge in [-0.1, -0.05) is 6.07 Å². The number of carbonyl (C=O) groups excluding carboxylic acids is 2. The van der Waals surface area contributed by atoms with Crippen LogP contribution < -0.4 is 0 Å². The van der Waals surface area contributed by atoms with E-state index in [0.717, 1.165) is 17.0 Å². The lowest BCUT2D eigenvalue weighted by molar-refractivity contribution is -0.119. The smallest absolute Gasteiger partial charge is 0.171 e. The predicted octanol–water partition coefficient (Wildman–Crippen LogP) is 3.63. The van der Waals surface area contributed by atoms with Gasteiger partial charge in [0.25, 0.3) is 0 Å². The minimum atomic E-state index is -0.394. The average molecular weight is 426 g/mol. The standard InChI is InChI=1S/C17H13BrFNO2S2/c18-9-3-8(1-2-10(9)19)15-16-11(4-23-6-13(16)21)20-12-5-24-7-14(22)17(12)15/h1-3,15-16H,4-7H2. The van der Waals surface area contributed by atoms with E-state index < -0.39 is 5.92 Å². The van der Waals surface area contributed by atoms with E-state index in [2.05, 4.69) is 20.9 Å². The lowest BCUT2D eigenvalue weighted by Crippen LogP contribution is -2.42. The SMILES string of the molecule is O=C1CSCC2=C1C(c1ccc(F)c(Br)c1)C1C(=O)CSCC1=N2. The number of rotatable bonds is 1. The Bertz CT molecular complexity index is 821. The fraction of sp³-hybridized carbons (Fsp3) is 0.353. The fourth-order valence-electron chi connectivity index (χ4n) is 3.51. The van der Waals surface area contributed by atoms with Gasteiger partial charge < -0.3 is 0 Å². The highest BCUT2D eigenvalue weighted by atomic mass is 79.9. The average Bonchev–Trinajstić information content (AvgIpc) is 2.56. The number of fused-ring (bicyclic) bond motifs is 1. The lowest BCUT2D eigenvalue weighted by Gasteiger charge is -2.37. The van der Waals surface area contributed by atoms with Crippen LogP contribution in [0.1, 0.15) is 11.5 Å². The Morgan fingerprint density at radius 2 is 1.88 bits per heavy atom. The number of ketones is 2. The van der Waals surface area contributed by atoms with Crippen LogP contribution in [0.5, 0.6) is 0 Å². The number of nitrogens with zero attached hydrogens (tertiary/aromatic N) is 1. The molecule has 1 fully saturated rings. The van der Waals surface area contributed by atoms with Gasteiger partial charge in [-0.15, -0.1) is 23.5 Å². The molecule has 0 spiro atoms. The van der Waals surface area contributed by atoms with E-state index >= 15 is 0 Å². The van der Waals surface area contributed by atoms with Gasteiger partial charge in [0.2, 0.25) is 0 Å². The number of Topliss-reactive ketones (excluding diaryl/α,β-unsaturated/α-hetero) is 2. The van der Waals surface area contributed by atoms with Gasteiger partial charge in [-0.25, -0.2) is 4.39 Å². The second kappa shape index (κ2) is 6.42. The number of benzene rings is 1. The lowest BCUT2D eigenvalue weighted by atomic mass is 9.72. The monoisotopic (exact) mass is 425 g/mol. The number of carbonyl (C=O) groups is 2. The molecule has 0 amide bonds. The van der Waals surface area contributed by atoms with Crippen LogP contribution in [0.4, 0.5) is 4.39 Å². The molecular weight excluding hydrogens is 413 g/mol. The summed E-state index contributed by atoms with van der Waals surface area (Å²) in [5.74, 6) is 1.31. The molecule has 3 nitrogen and oxygen atoms in total. The minimum Gasteiger partial charge on any atom is -0.298 e. The third kappa shape index (κ3) is 2.70. The third-order valence-corrected chi connectivity index (χ3v) is 7.05. The molecular formula is C17H13BrFNO2S2. The molecule has 7 heteroatoms. The maximum Gasteiger partial charge on any atom is 0.171 e. The van der Waals surface area contributed by atoms with E-state index in [-0.39, 0.29) is 23.3 Å². The van der Waals surface area contributed by atoms with Crippen molar-refractivity contribution in [2.45, 2.75) is 5.92 Å². The van der Waals surface area contributed by atoms with Crippen molar-refractivity contribution in [1.82, 2.24) is 0 Å². The van der Waals surface area contributed by atoms with E-state index in [1.807, 2.05) is 0 Å². The van der Waals surface area contributed by atoms with Gasteiger partial charge in [0, 0.05) is 28.7 Å². The van der Waals surface area contributed by atoms with Crippen LogP contribution in [-0.4, -0.2) is 40.3 Å². The van der Waals surface area contributed by atoms with Crippen molar-refractivity contribution >= 4 is 56.7 Å². The topological polar surface area (TPSA) is 46.5 Å². The molecule has 2 unspecified atom stereocenters. The molecule has 1 saturated heterocycles. The second-order valence-electron chi connectivity index (χ2n) is 5.97. The Balaban J connectivity index is 1.91. The molecule has 1 aromatic rings. The molecule has 3 heterocycles. The summed E-state index contributed by atoms with van der Waals surface area (Å²) in [7, 11) is 0. The second-order valence-corrected chi connectivity index (χ2v) is 8.79. The van der Waals surface area contributed by atoms with Crippen molar-refractivity contribution in [3.05, 3.63) is 45.3 Å². The van der Waals surface area contributed by atoms with E-state index in [1.54, 1.807) is 35.7 Å². The van der Waals surface area contributed by atoms with E-state index in [0.29, 0.717) is 33.1 Å². The minimum absolute atomic E-state index is 0.0422. The van der Waals surface area contributed by atoms with Crippen LogP contribution in [0, 0.1) is 11.7 Å². The highest BCUT2D eigenvalue weighted by Crippen LogP contribution is 2.45. The largest absolute Gasteiger partial charge is 0.298 e. The summed E-state index contributed by atoms with van der Waals surface area (Å²) in [6.45, 7) is 0. The molecule has 0 aliphatic carbocycles. The number of allylic oxidation sites excluding steroid dienone is 1. The molecule has 0 radical (unpaired) electrons.